The number of para-hydroxylation sites is 2. The molecule has 10 nitrogen and oxygen atoms in total. The van der Waals surface area contributed by atoms with Crippen molar-refractivity contribution in [3.63, 3.8) is 0 Å². The van der Waals surface area contributed by atoms with E-state index in [1.54, 1.807) is 30.3 Å². The molecule has 0 aliphatic carbocycles. The highest BCUT2D eigenvalue weighted by Crippen LogP contribution is 2.36. The van der Waals surface area contributed by atoms with Crippen molar-refractivity contribution >= 4 is 0 Å². The first-order chi connectivity index (χ1) is 17.9. The van der Waals surface area contributed by atoms with Crippen molar-refractivity contribution in [1.82, 2.24) is 0 Å². The Labute approximate surface area is 214 Å². The summed E-state index contributed by atoms with van der Waals surface area (Å²) in [6.07, 6.45) is -4.59. The summed E-state index contributed by atoms with van der Waals surface area (Å²) in [6, 6.07) is 15.8. The molecular weight excluding hydrogens is 484 g/mol. The van der Waals surface area contributed by atoms with E-state index >= 15 is 0 Å². The van der Waals surface area contributed by atoms with Crippen molar-refractivity contribution < 1.29 is 49.2 Å². The number of aromatic hydroxyl groups is 1. The maximum Gasteiger partial charge on any atom is 0.161 e. The molecule has 0 amide bonds. The van der Waals surface area contributed by atoms with Crippen molar-refractivity contribution in [1.29, 1.82) is 0 Å². The van der Waals surface area contributed by atoms with E-state index < -0.39 is 37.6 Å². The highest BCUT2D eigenvalue weighted by molar-refractivity contribution is 5.45. The Morgan fingerprint density at radius 2 is 1.05 bits per heavy atom. The van der Waals surface area contributed by atoms with Crippen molar-refractivity contribution in [2.24, 2.45) is 0 Å². The van der Waals surface area contributed by atoms with Gasteiger partial charge < -0.3 is 49.2 Å². The largest absolute Gasteiger partial charge is 0.504 e. The Hall–Kier alpha value is -3.70. The fraction of sp³-hybridized carbons (Fsp3) is 0.333. The molecule has 37 heavy (non-hydrogen) atoms. The van der Waals surface area contributed by atoms with Gasteiger partial charge in [0.1, 0.15) is 12.2 Å². The predicted octanol–water partition coefficient (Wildman–Crippen LogP) is 2.36. The van der Waals surface area contributed by atoms with Gasteiger partial charge in [-0.3, -0.25) is 0 Å². The maximum absolute atomic E-state index is 10.9. The van der Waals surface area contributed by atoms with Gasteiger partial charge in [0.25, 0.3) is 0 Å². The number of phenolic OH excluding ortho intramolecular Hbond substituents is 1. The minimum absolute atomic E-state index is 0.0911. The van der Waals surface area contributed by atoms with E-state index in [1.165, 1.54) is 51.7 Å². The number of benzene rings is 3. The summed E-state index contributed by atoms with van der Waals surface area (Å²) in [7, 11) is 4.28. The van der Waals surface area contributed by atoms with Crippen LogP contribution in [0.4, 0.5) is 0 Å². The summed E-state index contributed by atoms with van der Waals surface area (Å²) < 4.78 is 27.4. The molecule has 10 heteroatoms. The zero-order chi connectivity index (χ0) is 26.9. The standard InChI is InChI=1S/C27H32O10/c1-33-19-6-4-5-7-20(19)36-24(14-28)27(32)17-9-11-21(23(13-17)35-3)37-25(15-29)26(31)16-8-10-18(30)22(12-16)34-2/h4-13,24-32H,14-15H2,1-3H3/t24-,25+,26+,27-/m1/s1. The molecule has 5 N–H and O–H groups in total. The van der Waals surface area contributed by atoms with Gasteiger partial charge in [0.15, 0.2) is 46.7 Å². The fourth-order valence-corrected chi connectivity index (χ4v) is 3.72. The van der Waals surface area contributed by atoms with Crippen LogP contribution in [-0.4, -0.2) is 72.3 Å². The second kappa shape index (κ2) is 13.0. The van der Waals surface area contributed by atoms with Gasteiger partial charge in [-0.15, -0.1) is 0 Å². The lowest BCUT2D eigenvalue weighted by atomic mass is 10.0. The van der Waals surface area contributed by atoms with Crippen LogP contribution in [0.25, 0.3) is 0 Å². The fourth-order valence-electron chi connectivity index (χ4n) is 3.72. The van der Waals surface area contributed by atoms with Crippen molar-refractivity contribution in [3.05, 3.63) is 71.8 Å². The zero-order valence-corrected chi connectivity index (χ0v) is 20.8. The van der Waals surface area contributed by atoms with E-state index in [2.05, 4.69) is 0 Å². The highest BCUT2D eigenvalue weighted by atomic mass is 16.5. The lowest BCUT2D eigenvalue weighted by molar-refractivity contribution is -0.00267. The van der Waals surface area contributed by atoms with Crippen LogP contribution in [0.1, 0.15) is 23.3 Å². The average Bonchev–Trinajstić information content (AvgIpc) is 2.94. The van der Waals surface area contributed by atoms with E-state index in [1.807, 2.05) is 0 Å². The van der Waals surface area contributed by atoms with Gasteiger partial charge in [-0.25, -0.2) is 0 Å². The van der Waals surface area contributed by atoms with Gasteiger partial charge in [0.05, 0.1) is 34.5 Å². The number of hydrogen-bond acceptors (Lipinski definition) is 10. The third-order valence-corrected chi connectivity index (χ3v) is 5.76. The second-order valence-corrected chi connectivity index (χ2v) is 8.06. The van der Waals surface area contributed by atoms with Crippen molar-refractivity contribution in [2.45, 2.75) is 24.4 Å². The third-order valence-electron chi connectivity index (χ3n) is 5.76. The average molecular weight is 517 g/mol. The molecule has 4 atom stereocenters. The Morgan fingerprint density at radius 3 is 1.57 bits per heavy atom. The Balaban J connectivity index is 1.80. The van der Waals surface area contributed by atoms with Gasteiger partial charge in [0, 0.05) is 0 Å². The van der Waals surface area contributed by atoms with Crippen LogP contribution in [0.3, 0.4) is 0 Å². The summed E-state index contributed by atoms with van der Waals surface area (Å²) in [4.78, 5) is 0. The van der Waals surface area contributed by atoms with E-state index in [4.69, 9.17) is 23.7 Å². The molecule has 200 valence electrons. The van der Waals surface area contributed by atoms with Crippen molar-refractivity contribution in [2.75, 3.05) is 34.5 Å². The Bertz CT molecular complexity index is 1150. The summed E-state index contributed by atoms with van der Waals surface area (Å²) in [5, 5.41) is 51.3. The minimum Gasteiger partial charge on any atom is -0.504 e. The van der Waals surface area contributed by atoms with E-state index in [9.17, 15) is 25.5 Å². The van der Waals surface area contributed by atoms with Crippen molar-refractivity contribution in [3.8, 4) is 34.5 Å². The molecule has 0 aliphatic heterocycles. The number of methoxy groups -OCH3 is 3. The normalized spacial score (nSPS) is 14.2. The van der Waals surface area contributed by atoms with E-state index in [-0.39, 0.29) is 23.0 Å². The lowest BCUT2D eigenvalue weighted by Gasteiger charge is -2.26. The van der Waals surface area contributed by atoms with Gasteiger partial charge in [-0.2, -0.15) is 0 Å². The summed E-state index contributed by atoms with van der Waals surface area (Å²) in [6.45, 7) is -1.01. The van der Waals surface area contributed by atoms with Crippen LogP contribution in [0.2, 0.25) is 0 Å². The summed E-state index contributed by atoms with van der Waals surface area (Å²) in [5.41, 5.74) is 0.738. The molecule has 0 unspecified atom stereocenters. The molecule has 0 aliphatic rings. The van der Waals surface area contributed by atoms with E-state index in [0.29, 0.717) is 22.6 Å². The quantitative estimate of drug-likeness (QED) is 0.229. The minimum atomic E-state index is -1.26. The molecule has 0 aromatic heterocycles. The molecule has 0 saturated heterocycles. The molecule has 0 radical (unpaired) electrons. The molecule has 0 fully saturated rings. The Morgan fingerprint density at radius 1 is 0.595 bits per heavy atom. The van der Waals surface area contributed by atoms with Crippen LogP contribution in [0, 0.1) is 0 Å². The first kappa shape index (κ1) is 27.9. The monoisotopic (exact) mass is 516 g/mol. The lowest BCUT2D eigenvalue weighted by Crippen LogP contribution is -2.30. The molecule has 3 rings (SSSR count). The Kier molecular flexibility index (Phi) is 9.81. The van der Waals surface area contributed by atoms with Crippen LogP contribution in [-0.2, 0) is 0 Å². The summed E-state index contributed by atoms with van der Waals surface area (Å²) in [5.74, 6) is 1.31. The molecule has 3 aromatic carbocycles. The number of aliphatic hydroxyl groups excluding tert-OH is 4. The number of aliphatic hydroxyl groups is 4. The first-order valence-corrected chi connectivity index (χ1v) is 11.5. The number of rotatable bonds is 13. The summed E-state index contributed by atoms with van der Waals surface area (Å²) >= 11 is 0. The maximum atomic E-state index is 10.9. The van der Waals surface area contributed by atoms with Crippen LogP contribution in [0.5, 0.6) is 34.5 Å². The van der Waals surface area contributed by atoms with Crippen LogP contribution in [0.15, 0.2) is 60.7 Å². The number of hydrogen-bond donors (Lipinski definition) is 5. The molecule has 0 saturated carbocycles. The first-order valence-electron chi connectivity index (χ1n) is 11.5. The predicted molar refractivity (Wildman–Crippen MR) is 134 cm³/mol. The molecular formula is C27H32O10. The molecule has 0 spiro atoms. The van der Waals surface area contributed by atoms with Gasteiger partial charge in [-0.05, 0) is 47.5 Å². The topological polar surface area (TPSA) is 147 Å². The highest BCUT2D eigenvalue weighted by Gasteiger charge is 2.27. The van der Waals surface area contributed by atoms with Crippen LogP contribution < -0.4 is 23.7 Å². The van der Waals surface area contributed by atoms with Gasteiger partial charge in [-0.1, -0.05) is 24.3 Å². The molecule has 3 aromatic rings. The third kappa shape index (κ3) is 6.55. The SMILES string of the molecule is COc1cc([C@H](O)[C@H](CO)Oc2ccc([C@@H](O)[C@@H](CO)Oc3ccccc3OC)cc2OC)ccc1O. The number of ether oxygens (including phenoxy) is 5. The zero-order valence-electron chi connectivity index (χ0n) is 20.8. The van der Waals surface area contributed by atoms with Gasteiger partial charge in [0.2, 0.25) is 0 Å². The van der Waals surface area contributed by atoms with Crippen LogP contribution >= 0.6 is 0 Å². The molecule has 0 heterocycles. The smallest absolute Gasteiger partial charge is 0.161 e. The molecule has 0 bridgehead atoms. The number of phenols is 1. The second-order valence-electron chi connectivity index (χ2n) is 8.06. The van der Waals surface area contributed by atoms with E-state index in [0.717, 1.165) is 0 Å². The van der Waals surface area contributed by atoms with Gasteiger partial charge >= 0.3 is 0 Å².